The van der Waals surface area contributed by atoms with Crippen molar-refractivity contribution in [2.45, 2.75) is 25.9 Å². The molecular weight excluding hydrogens is 544 g/mol. The van der Waals surface area contributed by atoms with E-state index in [2.05, 4.69) is 10.3 Å². The number of hydrogen-bond acceptors (Lipinski definition) is 7. The molecule has 6 rings (SSSR count). The average molecular weight is 577 g/mol. The van der Waals surface area contributed by atoms with Crippen LogP contribution in [0.5, 0.6) is 5.75 Å². The van der Waals surface area contributed by atoms with Crippen molar-refractivity contribution in [2.75, 3.05) is 24.3 Å². The van der Waals surface area contributed by atoms with Crippen molar-refractivity contribution in [2.24, 2.45) is 7.05 Å². The van der Waals surface area contributed by atoms with Gasteiger partial charge in [0.05, 0.1) is 36.5 Å². The van der Waals surface area contributed by atoms with E-state index in [1.165, 1.54) is 4.68 Å². The second-order valence-corrected chi connectivity index (χ2v) is 10.4. The largest absolute Gasteiger partial charge is 0.490 e. The summed E-state index contributed by atoms with van der Waals surface area (Å²) in [7, 11) is 1.75. The van der Waals surface area contributed by atoms with Crippen LogP contribution in [0.25, 0.3) is 28.2 Å². The van der Waals surface area contributed by atoms with E-state index in [1.54, 1.807) is 37.0 Å². The Balaban J connectivity index is 1.21. The Hall–Kier alpha value is -5.22. The number of aromatic nitrogens is 4. The molecule has 0 aliphatic carbocycles. The number of nitrogens with one attached hydrogen (secondary N) is 1. The van der Waals surface area contributed by atoms with Crippen molar-refractivity contribution in [1.82, 2.24) is 19.3 Å². The lowest BCUT2D eigenvalue weighted by Crippen LogP contribution is -2.25. The minimum Gasteiger partial charge on any atom is -0.490 e. The summed E-state index contributed by atoms with van der Waals surface area (Å²) < 4.78 is 14.8. The van der Waals surface area contributed by atoms with E-state index in [9.17, 15) is 9.59 Å². The van der Waals surface area contributed by atoms with Crippen LogP contribution in [0, 0.1) is 6.92 Å². The van der Waals surface area contributed by atoms with Crippen LogP contribution in [0.3, 0.4) is 0 Å². The van der Waals surface area contributed by atoms with Crippen molar-refractivity contribution in [3.05, 3.63) is 107 Å². The maximum absolute atomic E-state index is 13.2. The number of amides is 1. The van der Waals surface area contributed by atoms with E-state index in [0.717, 1.165) is 29.7 Å². The molecule has 43 heavy (non-hydrogen) atoms. The van der Waals surface area contributed by atoms with E-state index in [1.807, 2.05) is 66.7 Å². The van der Waals surface area contributed by atoms with Crippen LogP contribution in [0.2, 0.25) is 0 Å². The van der Waals surface area contributed by atoms with Crippen LogP contribution in [0.4, 0.5) is 11.5 Å². The lowest BCUT2D eigenvalue weighted by Gasteiger charge is -2.23. The second-order valence-electron chi connectivity index (χ2n) is 10.4. The zero-order valence-electron chi connectivity index (χ0n) is 24.0. The molecule has 1 saturated heterocycles. The van der Waals surface area contributed by atoms with Gasteiger partial charge in [-0.25, -0.2) is 14.6 Å². The van der Waals surface area contributed by atoms with Crippen LogP contribution in [-0.2, 0) is 11.8 Å². The fraction of sp³-hybridized carbons (Fsp3) is 0.212. The van der Waals surface area contributed by atoms with Gasteiger partial charge in [0.15, 0.2) is 0 Å². The number of carbonyl (C=O) groups is 1. The molecular formula is C33H32N6O4. The molecule has 10 nitrogen and oxygen atoms in total. The van der Waals surface area contributed by atoms with Crippen molar-refractivity contribution in [1.29, 1.82) is 0 Å². The first-order chi connectivity index (χ1) is 20.9. The summed E-state index contributed by atoms with van der Waals surface area (Å²) in [5.74, 6) is 0.579. The molecule has 0 radical (unpaired) electrons. The van der Waals surface area contributed by atoms with E-state index < -0.39 is 5.91 Å². The molecule has 0 bridgehead atoms. The van der Waals surface area contributed by atoms with Gasteiger partial charge in [0.25, 0.3) is 11.5 Å². The Bertz CT molecular complexity index is 1820. The van der Waals surface area contributed by atoms with E-state index in [4.69, 9.17) is 20.2 Å². The topological polar surface area (TPSA) is 126 Å². The maximum atomic E-state index is 13.2. The summed E-state index contributed by atoms with van der Waals surface area (Å²) >= 11 is 0. The summed E-state index contributed by atoms with van der Waals surface area (Å²) in [6.45, 7) is 3.17. The summed E-state index contributed by atoms with van der Waals surface area (Å²) in [5.41, 5.74) is 10.5. The molecule has 0 unspecified atom stereocenters. The number of anilines is 2. The monoisotopic (exact) mass is 576 g/mol. The number of nitrogens with zero attached hydrogens (tertiary/aromatic N) is 4. The number of nitrogens with two attached hydrogens (primary N) is 1. The molecule has 1 amide bonds. The fourth-order valence-corrected chi connectivity index (χ4v) is 5.20. The summed E-state index contributed by atoms with van der Waals surface area (Å²) in [6, 6.07) is 24.1. The van der Waals surface area contributed by atoms with Gasteiger partial charge < -0.3 is 20.5 Å². The molecule has 0 saturated carbocycles. The molecule has 1 aliphatic rings. The smallest absolute Gasteiger partial charge is 0.284 e. The molecule has 2 aromatic heterocycles. The number of rotatable bonds is 7. The summed E-state index contributed by atoms with van der Waals surface area (Å²) in [5, 5.41) is 2.85. The van der Waals surface area contributed by atoms with Gasteiger partial charge in [0.2, 0.25) is 0 Å². The fourth-order valence-electron chi connectivity index (χ4n) is 5.20. The molecule has 3 heterocycles. The molecule has 218 valence electrons. The molecule has 10 heteroatoms. The molecule has 5 aromatic rings. The lowest BCUT2D eigenvalue weighted by atomic mass is 10.1. The standard InChI is InChI=1S/C33H32N6O4/c1-21-29(33(41)39(38(21)2)25-8-4-3-5-9-25)32(40)36-24-13-11-22(12-14-24)30-31(34)35-20-28(37-30)23-7-6-10-27(19-23)43-26-15-17-42-18-16-26/h3-14,19-20,26H,15-18H2,1-2H3,(H2,34,35)(H,36,40). The Labute approximate surface area is 248 Å². The molecule has 0 spiro atoms. The molecule has 1 fully saturated rings. The van der Waals surface area contributed by atoms with E-state index in [0.29, 0.717) is 41.7 Å². The van der Waals surface area contributed by atoms with Crippen molar-refractivity contribution < 1.29 is 14.3 Å². The highest BCUT2D eigenvalue weighted by atomic mass is 16.5. The SMILES string of the molecule is Cc1c(C(=O)Nc2ccc(-c3nc(-c4cccc(OC5CCOCC5)c4)cnc3N)cc2)c(=O)n(-c2ccccc2)n1C. The first kappa shape index (κ1) is 27.9. The van der Waals surface area contributed by atoms with Crippen molar-refractivity contribution in [3.8, 4) is 34.0 Å². The molecule has 3 aromatic carbocycles. The predicted octanol–water partition coefficient (Wildman–Crippen LogP) is 5.00. The molecule has 1 aliphatic heterocycles. The van der Waals surface area contributed by atoms with Gasteiger partial charge in [-0.15, -0.1) is 0 Å². The Morgan fingerprint density at radius 1 is 1.00 bits per heavy atom. The Morgan fingerprint density at radius 3 is 2.49 bits per heavy atom. The van der Waals surface area contributed by atoms with Gasteiger partial charge in [0.1, 0.15) is 28.9 Å². The van der Waals surface area contributed by atoms with Gasteiger partial charge in [-0.3, -0.25) is 14.3 Å². The minimum atomic E-state index is -0.482. The number of ether oxygens (including phenoxy) is 2. The summed E-state index contributed by atoms with van der Waals surface area (Å²) in [6.07, 6.45) is 3.50. The first-order valence-corrected chi connectivity index (χ1v) is 14.1. The third kappa shape index (κ3) is 5.77. The molecule has 0 atom stereocenters. The van der Waals surface area contributed by atoms with Gasteiger partial charge in [-0.1, -0.05) is 42.5 Å². The summed E-state index contributed by atoms with van der Waals surface area (Å²) in [4.78, 5) is 35.6. The number of para-hydroxylation sites is 1. The molecule has 3 N–H and O–H groups in total. The predicted molar refractivity (Wildman–Crippen MR) is 165 cm³/mol. The zero-order valence-corrected chi connectivity index (χ0v) is 24.0. The van der Waals surface area contributed by atoms with Crippen LogP contribution in [0.15, 0.2) is 89.9 Å². The third-order valence-electron chi connectivity index (χ3n) is 7.60. The van der Waals surface area contributed by atoms with Crippen LogP contribution < -0.4 is 21.3 Å². The lowest BCUT2D eigenvalue weighted by molar-refractivity contribution is 0.0256. The van der Waals surface area contributed by atoms with Crippen LogP contribution in [0.1, 0.15) is 28.9 Å². The Kier molecular flexibility index (Phi) is 7.76. The van der Waals surface area contributed by atoms with Gasteiger partial charge >= 0.3 is 0 Å². The number of nitrogen functional groups attached to an aromatic ring is 1. The quantitative estimate of drug-likeness (QED) is 0.279. The third-order valence-corrected chi connectivity index (χ3v) is 7.60. The number of benzene rings is 3. The highest BCUT2D eigenvalue weighted by molar-refractivity contribution is 6.05. The average Bonchev–Trinajstić information content (AvgIpc) is 3.26. The van der Waals surface area contributed by atoms with Crippen LogP contribution in [-0.4, -0.2) is 44.6 Å². The van der Waals surface area contributed by atoms with E-state index >= 15 is 0 Å². The zero-order chi connectivity index (χ0) is 29.9. The maximum Gasteiger partial charge on any atom is 0.284 e. The second kappa shape index (κ2) is 11.9. The highest BCUT2D eigenvalue weighted by Crippen LogP contribution is 2.29. The highest BCUT2D eigenvalue weighted by Gasteiger charge is 2.22. The number of carbonyl (C=O) groups excluding carboxylic acids is 1. The van der Waals surface area contributed by atoms with Crippen molar-refractivity contribution in [3.63, 3.8) is 0 Å². The first-order valence-electron chi connectivity index (χ1n) is 14.1. The van der Waals surface area contributed by atoms with E-state index in [-0.39, 0.29) is 23.0 Å². The van der Waals surface area contributed by atoms with Crippen LogP contribution >= 0.6 is 0 Å². The number of hydrogen-bond donors (Lipinski definition) is 2. The minimum absolute atomic E-state index is 0.0845. The van der Waals surface area contributed by atoms with Gasteiger partial charge in [0, 0.05) is 36.7 Å². The normalized spacial score (nSPS) is 13.5. The van der Waals surface area contributed by atoms with Gasteiger partial charge in [-0.05, 0) is 43.3 Å². The van der Waals surface area contributed by atoms with Gasteiger partial charge in [-0.2, -0.15) is 0 Å². The van der Waals surface area contributed by atoms with Crippen molar-refractivity contribution >= 4 is 17.4 Å². The Morgan fingerprint density at radius 2 is 1.74 bits per heavy atom.